The molecule has 1 nitrogen and oxygen atoms in total. The van der Waals surface area contributed by atoms with E-state index < -0.39 is 1.68 Å². The molecule has 0 aliphatic heterocycles. The normalized spacial score (nSPS) is 16.7. The number of halogens is 3. The van der Waals surface area contributed by atoms with Gasteiger partial charge in [0.05, 0.1) is 0 Å². The van der Waals surface area contributed by atoms with E-state index in [1.807, 2.05) is 24.3 Å². The van der Waals surface area contributed by atoms with Crippen LogP contribution in [0.25, 0.3) is 0 Å². The molecule has 0 bridgehead atoms. The lowest BCUT2D eigenvalue weighted by molar-refractivity contribution is 0.469. The molecule has 1 aromatic carbocycles. The van der Waals surface area contributed by atoms with Crippen molar-refractivity contribution in [3.63, 3.8) is 0 Å². The fraction of sp³-hybridized carbons (Fsp3) is 0.455. The quantitative estimate of drug-likeness (QED) is 0.564. The average Bonchev–Trinajstić information content (AvgIpc) is 2.97. The van der Waals surface area contributed by atoms with Gasteiger partial charge in [0.1, 0.15) is 0 Å². The lowest BCUT2D eigenvalue weighted by Gasteiger charge is -2.11. The van der Waals surface area contributed by atoms with E-state index in [9.17, 15) is 4.39 Å². The van der Waals surface area contributed by atoms with Gasteiger partial charge in [0.2, 0.25) is 1.68 Å². The molecule has 0 aromatic heterocycles. The van der Waals surface area contributed by atoms with Crippen molar-refractivity contribution in [2.75, 3.05) is 0 Å². The van der Waals surface area contributed by atoms with Crippen molar-refractivity contribution in [1.82, 2.24) is 5.32 Å². The maximum atomic E-state index is 13.5. The summed E-state index contributed by atoms with van der Waals surface area (Å²) in [6.07, 6.45) is 2.60. The molecule has 0 radical (unpaired) electrons. The van der Waals surface area contributed by atoms with Gasteiger partial charge >= 0.3 is 0 Å². The van der Waals surface area contributed by atoms with Gasteiger partial charge in [0, 0.05) is 18.2 Å². The maximum absolute atomic E-state index is 13.5. The molecule has 1 aliphatic carbocycles. The summed E-state index contributed by atoms with van der Waals surface area (Å²) in [4.78, 5) is 0. The van der Waals surface area contributed by atoms with Crippen molar-refractivity contribution in [2.45, 2.75) is 27.1 Å². The van der Waals surface area contributed by atoms with Crippen molar-refractivity contribution >= 4 is 45.2 Å². The van der Waals surface area contributed by atoms with E-state index in [1.165, 1.54) is 18.4 Å². The van der Waals surface area contributed by atoms with Gasteiger partial charge in [-0.1, -0.05) is 24.3 Å². The SMILES string of the molecule is FC(I)(I)c1ccc(CNC2CC2)cc1. The Morgan fingerprint density at radius 2 is 1.87 bits per heavy atom. The van der Waals surface area contributed by atoms with Crippen molar-refractivity contribution in [1.29, 1.82) is 0 Å². The van der Waals surface area contributed by atoms with Gasteiger partial charge in [-0.2, -0.15) is 0 Å². The van der Waals surface area contributed by atoms with E-state index in [2.05, 4.69) is 5.32 Å². The third kappa shape index (κ3) is 3.81. The number of hydrogen-bond acceptors (Lipinski definition) is 1. The topological polar surface area (TPSA) is 12.0 Å². The molecule has 1 fully saturated rings. The highest BCUT2D eigenvalue weighted by Crippen LogP contribution is 2.40. The van der Waals surface area contributed by atoms with E-state index in [-0.39, 0.29) is 0 Å². The molecule has 4 heteroatoms. The molecule has 0 heterocycles. The van der Waals surface area contributed by atoms with E-state index in [1.54, 1.807) is 45.2 Å². The highest BCUT2D eigenvalue weighted by atomic mass is 127. The Kier molecular flexibility index (Phi) is 3.88. The minimum absolute atomic E-state index is 0.721. The van der Waals surface area contributed by atoms with Gasteiger partial charge in [-0.25, -0.2) is 4.39 Å². The molecule has 0 saturated heterocycles. The second kappa shape index (κ2) is 4.83. The molecule has 15 heavy (non-hydrogen) atoms. The van der Waals surface area contributed by atoms with E-state index in [4.69, 9.17) is 0 Å². The Balaban J connectivity index is 1.96. The average molecular weight is 431 g/mol. The van der Waals surface area contributed by atoms with E-state index >= 15 is 0 Å². The van der Waals surface area contributed by atoms with Crippen molar-refractivity contribution < 1.29 is 4.39 Å². The Morgan fingerprint density at radius 3 is 2.33 bits per heavy atom. The fourth-order valence-electron chi connectivity index (χ4n) is 1.36. The molecule has 0 unspecified atom stereocenters. The van der Waals surface area contributed by atoms with Gasteiger partial charge in [-0.3, -0.25) is 0 Å². The van der Waals surface area contributed by atoms with Gasteiger partial charge in [-0.05, 0) is 63.6 Å². The largest absolute Gasteiger partial charge is 0.310 e. The number of hydrogen-bond donors (Lipinski definition) is 1. The van der Waals surface area contributed by atoms with Gasteiger partial charge in [0.15, 0.2) is 0 Å². The van der Waals surface area contributed by atoms with Crippen molar-refractivity contribution in [3.8, 4) is 0 Å². The Hall–Kier alpha value is 0.570. The summed E-state index contributed by atoms with van der Waals surface area (Å²) >= 11 is 3.60. The first-order valence-electron chi connectivity index (χ1n) is 4.95. The van der Waals surface area contributed by atoms with Crippen LogP contribution in [0.4, 0.5) is 4.39 Å². The molecular formula is C11H12FI2N. The number of alkyl halides is 3. The Labute approximate surface area is 116 Å². The molecule has 1 aromatic rings. The molecule has 1 aliphatic rings. The minimum atomic E-state index is -1.29. The highest BCUT2D eigenvalue weighted by Gasteiger charge is 2.23. The lowest BCUT2D eigenvalue weighted by atomic mass is 10.1. The first kappa shape index (κ1) is 12.0. The smallest absolute Gasteiger partial charge is 0.235 e. The van der Waals surface area contributed by atoms with Crippen LogP contribution >= 0.6 is 45.2 Å². The van der Waals surface area contributed by atoms with Crippen molar-refractivity contribution in [3.05, 3.63) is 35.4 Å². The highest BCUT2D eigenvalue weighted by molar-refractivity contribution is 14.2. The lowest BCUT2D eigenvalue weighted by Crippen LogP contribution is -2.15. The predicted molar refractivity (Wildman–Crippen MR) is 77.1 cm³/mol. The van der Waals surface area contributed by atoms with Crippen LogP contribution in [-0.2, 0) is 8.23 Å². The number of nitrogens with one attached hydrogen (secondary N) is 1. The summed E-state index contributed by atoms with van der Waals surface area (Å²) in [6.45, 7) is 0.896. The van der Waals surface area contributed by atoms with Crippen LogP contribution < -0.4 is 5.32 Å². The minimum Gasteiger partial charge on any atom is -0.310 e. The van der Waals surface area contributed by atoms with E-state index in [0.29, 0.717) is 0 Å². The van der Waals surface area contributed by atoms with Crippen LogP contribution in [0.5, 0.6) is 0 Å². The summed E-state index contributed by atoms with van der Waals surface area (Å²) < 4.78 is 12.2. The number of benzene rings is 1. The summed E-state index contributed by atoms with van der Waals surface area (Å²) in [5.41, 5.74) is 1.95. The predicted octanol–water partition coefficient (Wildman–Crippen LogP) is 3.89. The Bertz CT molecular complexity index is 327. The summed E-state index contributed by atoms with van der Waals surface area (Å²) in [6, 6.07) is 8.44. The first-order chi connectivity index (χ1) is 7.05. The van der Waals surface area contributed by atoms with Gasteiger partial charge < -0.3 is 5.32 Å². The zero-order valence-electron chi connectivity index (χ0n) is 8.14. The summed E-state index contributed by atoms with van der Waals surface area (Å²) in [7, 11) is 0. The second-order valence-corrected chi connectivity index (χ2v) is 8.89. The van der Waals surface area contributed by atoms with Crippen LogP contribution in [0, 0.1) is 0 Å². The molecule has 0 spiro atoms. The third-order valence-electron chi connectivity index (χ3n) is 2.45. The molecule has 1 saturated carbocycles. The maximum Gasteiger partial charge on any atom is 0.235 e. The van der Waals surface area contributed by atoms with Crippen LogP contribution in [0.15, 0.2) is 24.3 Å². The molecule has 82 valence electrons. The van der Waals surface area contributed by atoms with Gasteiger partial charge in [0.25, 0.3) is 0 Å². The van der Waals surface area contributed by atoms with E-state index in [0.717, 1.165) is 18.2 Å². The number of rotatable bonds is 4. The zero-order chi connectivity index (χ0) is 10.9. The summed E-state index contributed by atoms with van der Waals surface area (Å²) in [5.74, 6) is 0. The standard InChI is InChI=1S/C11H12FI2N/c12-11(13,14)9-3-1-8(2-4-9)7-15-10-5-6-10/h1-4,10,15H,5-7H2. The molecule has 0 amide bonds. The van der Waals surface area contributed by atoms with Crippen LogP contribution in [0.3, 0.4) is 0 Å². The zero-order valence-corrected chi connectivity index (χ0v) is 12.5. The molecule has 0 atom stereocenters. The molecule has 2 rings (SSSR count). The van der Waals surface area contributed by atoms with Crippen LogP contribution in [-0.4, -0.2) is 6.04 Å². The van der Waals surface area contributed by atoms with Crippen LogP contribution in [0.2, 0.25) is 0 Å². The molecular weight excluding hydrogens is 419 g/mol. The first-order valence-corrected chi connectivity index (χ1v) is 7.11. The fourth-order valence-corrected chi connectivity index (χ4v) is 2.08. The third-order valence-corrected chi connectivity index (χ3v) is 3.70. The van der Waals surface area contributed by atoms with Crippen LogP contribution in [0.1, 0.15) is 24.0 Å². The van der Waals surface area contributed by atoms with Gasteiger partial charge in [-0.15, -0.1) is 0 Å². The second-order valence-electron chi connectivity index (χ2n) is 3.85. The Morgan fingerprint density at radius 1 is 1.27 bits per heavy atom. The monoisotopic (exact) mass is 431 g/mol. The van der Waals surface area contributed by atoms with Crippen molar-refractivity contribution in [2.24, 2.45) is 0 Å². The summed E-state index contributed by atoms with van der Waals surface area (Å²) in [5, 5.41) is 3.43. The molecule has 1 N–H and O–H groups in total.